The summed E-state index contributed by atoms with van der Waals surface area (Å²) in [5.74, 6) is -1.66. The van der Waals surface area contributed by atoms with Crippen molar-refractivity contribution in [3.05, 3.63) is 119 Å². The summed E-state index contributed by atoms with van der Waals surface area (Å²) in [7, 11) is 0. The second kappa shape index (κ2) is 10.7. The minimum Gasteiger partial charge on any atom is -0.323 e. The number of ketones is 1. The Labute approximate surface area is 221 Å². The first kappa shape index (κ1) is 25.5. The predicted molar refractivity (Wildman–Crippen MR) is 146 cm³/mol. The third-order valence-electron chi connectivity index (χ3n) is 7.05. The van der Waals surface area contributed by atoms with E-state index in [-0.39, 0.29) is 31.1 Å². The van der Waals surface area contributed by atoms with E-state index in [1.54, 1.807) is 12.5 Å². The van der Waals surface area contributed by atoms with Crippen molar-refractivity contribution in [3.8, 4) is 11.1 Å². The fourth-order valence-electron chi connectivity index (χ4n) is 4.97. The number of pyridine rings is 1. The van der Waals surface area contributed by atoms with Gasteiger partial charge < -0.3 is 4.57 Å². The smallest absolute Gasteiger partial charge is 0.153 e. The highest BCUT2D eigenvalue weighted by Crippen LogP contribution is 2.33. The minimum atomic E-state index is -0.639. The van der Waals surface area contributed by atoms with E-state index in [2.05, 4.69) is 9.97 Å². The van der Waals surface area contributed by atoms with Crippen molar-refractivity contribution in [2.24, 2.45) is 0 Å². The van der Waals surface area contributed by atoms with Crippen molar-refractivity contribution in [2.75, 3.05) is 0 Å². The second-order valence-corrected chi connectivity index (χ2v) is 10.0. The Morgan fingerprint density at radius 1 is 0.895 bits per heavy atom. The van der Waals surface area contributed by atoms with Crippen molar-refractivity contribution < 1.29 is 13.6 Å². The second-order valence-electron chi connectivity index (χ2n) is 10.0. The number of nitrogens with zero attached hydrogens (tertiary/aromatic N) is 3. The van der Waals surface area contributed by atoms with Gasteiger partial charge in [-0.2, -0.15) is 0 Å². The van der Waals surface area contributed by atoms with E-state index in [4.69, 9.17) is 0 Å². The van der Waals surface area contributed by atoms with Crippen molar-refractivity contribution in [1.29, 1.82) is 0 Å². The summed E-state index contributed by atoms with van der Waals surface area (Å²) in [5.41, 5.74) is 8.27. The van der Waals surface area contributed by atoms with Crippen LogP contribution < -0.4 is 0 Å². The number of benzene rings is 3. The van der Waals surface area contributed by atoms with E-state index in [1.807, 2.05) is 73.9 Å². The van der Waals surface area contributed by atoms with Gasteiger partial charge in [0.05, 0.1) is 29.6 Å². The normalized spacial score (nSPS) is 12.1. The van der Waals surface area contributed by atoms with Crippen LogP contribution in [0.1, 0.15) is 40.3 Å². The van der Waals surface area contributed by atoms with Crippen LogP contribution in [0.3, 0.4) is 0 Å². The van der Waals surface area contributed by atoms with Crippen LogP contribution in [0.5, 0.6) is 0 Å². The number of rotatable bonds is 8. The molecule has 6 heteroatoms. The molecule has 0 saturated heterocycles. The third kappa shape index (κ3) is 5.54. The van der Waals surface area contributed by atoms with Crippen LogP contribution >= 0.6 is 0 Å². The molecule has 0 aliphatic rings. The molecule has 5 aromatic rings. The molecule has 0 saturated carbocycles. The highest BCUT2D eigenvalue weighted by Gasteiger charge is 2.23. The maximum Gasteiger partial charge on any atom is 0.153 e. The maximum atomic E-state index is 14.1. The molecule has 0 fully saturated rings. The fourth-order valence-corrected chi connectivity index (χ4v) is 4.97. The van der Waals surface area contributed by atoms with Crippen LogP contribution in [0.15, 0.2) is 79.3 Å². The summed E-state index contributed by atoms with van der Waals surface area (Å²) in [6.45, 7) is 6.25. The Hall–Kier alpha value is -4.19. The summed E-state index contributed by atoms with van der Waals surface area (Å²) >= 11 is 0. The van der Waals surface area contributed by atoms with Crippen molar-refractivity contribution in [2.45, 2.75) is 46.1 Å². The molecule has 0 aliphatic carbocycles. The van der Waals surface area contributed by atoms with Crippen LogP contribution in [-0.2, 0) is 17.8 Å². The number of aromatic nitrogens is 3. The van der Waals surface area contributed by atoms with Gasteiger partial charge in [-0.25, -0.2) is 13.8 Å². The van der Waals surface area contributed by atoms with E-state index in [9.17, 15) is 13.6 Å². The van der Waals surface area contributed by atoms with E-state index in [1.165, 1.54) is 12.1 Å². The zero-order valence-electron chi connectivity index (χ0n) is 21.7. The average molecular weight is 510 g/mol. The highest BCUT2D eigenvalue weighted by atomic mass is 19.1. The maximum absolute atomic E-state index is 14.1. The molecule has 0 spiro atoms. The molecule has 0 radical (unpaired) electrons. The van der Waals surface area contributed by atoms with Gasteiger partial charge in [-0.05, 0) is 79.8 Å². The van der Waals surface area contributed by atoms with Gasteiger partial charge in [-0.1, -0.05) is 35.9 Å². The Bertz CT molecular complexity index is 1600. The molecule has 0 amide bonds. The van der Waals surface area contributed by atoms with Crippen molar-refractivity contribution in [1.82, 2.24) is 14.5 Å². The molecular weight excluding hydrogens is 480 g/mol. The molecule has 5 rings (SSSR count). The number of hydrogen-bond acceptors (Lipinski definition) is 3. The summed E-state index contributed by atoms with van der Waals surface area (Å²) in [5, 5.41) is 0. The number of carbonyl (C=O) groups is 1. The van der Waals surface area contributed by atoms with E-state index in [0.717, 1.165) is 50.6 Å². The van der Waals surface area contributed by atoms with Crippen molar-refractivity contribution in [3.63, 3.8) is 0 Å². The Balaban J connectivity index is 1.49. The van der Waals surface area contributed by atoms with Gasteiger partial charge in [-0.15, -0.1) is 0 Å². The van der Waals surface area contributed by atoms with E-state index >= 15 is 0 Å². The lowest BCUT2D eigenvalue weighted by Crippen LogP contribution is -2.17. The fraction of sp³-hybridized carbons (Fsp3) is 0.219. The highest BCUT2D eigenvalue weighted by molar-refractivity contribution is 5.83. The van der Waals surface area contributed by atoms with Gasteiger partial charge in [0.15, 0.2) is 5.78 Å². The number of carbonyl (C=O) groups excluding carboxylic acids is 1. The molecule has 38 heavy (non-hydrogen) atoms. The van der Waals surface area contributed by atoms with E-state index in [0.29, 0.717) is 5.56 Å². The van der Waals surface area contributed by atoms with Gasteiger partial charge in [-0.3, -0.25) is 9.78 Å². The first-order valence-electron chi connectivity index (χ1n) is 12.7. The molecule has 3 aromatic carbocycles. The van der Waals surface area contributed by atoms with Gasteiger partial charge in [0, 0.05) is 30.2 Å². The summed E-state index contributed by atoms with van der Waals surface area (Å²) in [6.07, 6.45) is 3.83. The summed E-state index contributed by atoms with van der Waals surface area (Å²) in [6, 6.07) is 19.5. The number of hydrogen-bond donors (Lipinski definition) is 0. The van der Waals surface area contributed by atoms with Gasteiger partial charge in [0.25, 0.3) is 0 Å². The van der Waals surface area contributed by atoms with Crippen LogP contribution in [-0.4, -0.2) is 20.3 Å². The van der Waals surface area contributed by atoms with Crippen LogP contribution in [0.25, 0.3) is 22.2 Å². The monoisotopic (exact) mass is 509 g/mol. The molecule has 0 aliphatic heterocycles. The van der Waals surface area contributed by atoms with Gasteiger partial charge in [0.1, 0.15) is 11.6 Å². The topological polar surface area (TPSA) is 47.8 Å². The molecule has 0 bridgehead atoms. The Morgan fingerprint density at radius 2 is 1.61 bits per heavy atom. The first-order chi connectivity index (χ1) is 18.3. The lowest BCUT2D eigenvalue weighted by molar-refractivity contribution is -0.120. The third-order valence-corrected chi connectivity index (χ3v) is 7.05. The quantitative estimate of drug-likeness (QED) is 0.221. The lowest BCUT2D eigenvalue weighted by atomic mass is 9.86. The van der Waals surface area contributed by atoms with Crippen LogP contribution in [0.2, 0.25) is 0 Å². The van der Waals surface area contributed by atoms with Gasteiger partial charge in [0.2, 0.25) is 0 Å². The number of halogens is 2. The van der Waals surface area contributed by atoms with Crippen LogP contribution in [0.4, 0.5) is 8.78 Å². The summed E-state index contributed by atoms with van der Waals surface area (Å²) in [4.78, 5) is 22.6. The first-order valence-corrected chi connectivity index (χ1v) is 12.7. The SMILES string of the molecule is Cc1ccc(-c2cccnc2[C@H](CC(=O)Cn2cnc3cc(C)c(C)cc32)Cc2cc(F)cc(F)c2)cc1. The van der Waals surface area contributed by atoms with Crippen molar-refractivity contribution >= 4 is 16.8 Å². The molecular formula is C32H29F2N3O. The Morgan fingerprint density at radius 3 is 2.34 bits per heavy atom. The molecule has 0 N–H and O–H groups in total. The number of aryl methyl sites for hydroxylation is 3. The minimum absolute atomic E-state index is 0.00934. The molecule has 0 unspecified atom stereocenters. The molecule has 192 valence electrons. The van der Waals surface area contributed by atoms with Gasteiger partial charge >= 0.3 is 0 Å². The number of Topliss-reactive ketones (excluding diaryl/α,β-unsaturated/α-hetero) is 1. The molecule has 1 atom stereocenters. The molecule has 4 nitrogen and oxygen atoms in total. The lowest BCUT2D eigenvalue weighted by Gasteiger charge is -2.20. The number of fused-ring (bicyclic) bond motifs is 1. The van der Waals surface area contributed by atoms with E-state index < -0.39 is 11.6 Å². The summed E-state index contributed by atoms with van der Waals surface area (Å²) < 4.78 is 30.0. The number of imidazole rings is 1. The Kier molecular flexibility index (Phi) is 7.14. The van der Waals surface area contributed by atoms with Crippen LogP contribution in [0, 0.1) is 32.4 Å². The molecule has 2 aromatic heterocycles. The zero-order valence-corrected chi connectivity index (χ0v) is 21.7. The predicted octanol–water partition coefficient (Wildman–Crippen LogP) is 7.29. The average Bonchev–Trinajstić information content (AvgIpc) is 3.24. The molecule has 2 heterocycles. The zero-order chi connectivity index (χ0) is 26.8. The standard InChI is InChI=1S/C32H29F2N3O/c1-20-6-8-24(9-7-20)29-5-4-10-35-32(29)25(13-23-14-26(33)17-27(34)15-23)16-28(38)18-37-19-36-30-11-21(2)22(3)12-31(30)37/h4-12,14-15,17,19,25H,13,16,18H2,1-3H3/t25-/m0/s1. The largest absolute Gasteiger partial charge is 0.323 e.